The number of hydrogen-bond donors (Lipinski definition) is 1. The summed E-state index contributed by atoms with van der Waals surface area (Å²) in [5.74, 6) is 0.819. The van der Waals surface area contributed by atoms with Gasteiger partial charge in [-0.25, -0.2) is 0 Å². The maximum absolute atomic E-state index is 9.10. The van der Waals surface area contributed by atoms with Crippen molar-refractivity contribution < 1.29 is 9.84 Å². The lowest BCUT2D eigenvalue weighted by Gasteiger charge is -2.15. The standard InChI is InChI=1S/C25H20O2/c26-14-15-27-25-13-12-22(20-8-3-4-9-23(20)25)21-11-5-10-19-18-7-2-1-6-17(18)16-24(19)21/h1-13,26H,14-16H2. The molecule has 0 aliphatic heterocycles. The quantitative estimate of drug-likeness (QED) is 0.466. The van der Waals surface area contributed by atoms with E-state index in [1.807, 2.05) is 12.1 Å². The molecular weight excluding hydrogens is 332 g/mol. The minimum absolute atomic E-state index is 0.0144. The number of aliphatic hydroxyl groups excluding tert-OH is 1. The lowest BCUT2D eigenvalue weighted by Crippen LogP contribution is -2.02. The molecule has 0 atom stereocenters. The summed E-state index contributed by atoms with van der Waals surface area (Å²) < 4.78 is 5.75. The van der Waals surface area contributed by atoms with Crippen LogP contribution >= 0.6 is 0 Å². The van der Waals surface area contributed by atoms with Gasteiger partial charge in [-0.1, -0.05) is 72.8 Å². The van der Waals surface area contributed by atoms with Crippen LogP contribution in [0.2, 0.25) is 0 Å². The van der Waals surface area contributed by atoms with E-state index < -0.39 is 0 Å². The number of hydrogen-bond acceptors (Lipinski definition) is 2. The molecule has 0 amide bonds. The maximum Gasteiger partial charge on any atom is 0.127 e. The molecule has 2 heteroatoms. The fourth-order valence-electron chi connectivity index (χ4n) is 4.20. The topological polar surface area (TPSA) is 29.5 Å². The Morgan fingerprint density at radius 2 is 1.37 bits per heavy atom. The summed E-state index contributed by atoms with van der Waals surface area (Å²) in [6.45, 7) is 0.319. The fraction of sp³-hybridized carbons (Fsp3) is 0.120. The van der Waals surface area contributed by atoms with Crippen LogP contribution in [0.15, 0.2) is 78.9 Å². The Balaban J connectivity index is 1.70. The average molecular weight is 352 g/mol. The van der Waals surface area contributed by atoms with E-state index in [2.05, 4.69) is 66.7 Å². The summed E-state index contributed by atoms with van der Waals surface area (Å²) in [5, 5.41) is 11.4. The molecule has 132 valence electrons. The van der Waals surface area contributed by atoms with Crippen LogP contribution in [-0.4, -0.2) is 18.3 Å². The second-order valence-electron chi connectivity index (χ2n) is 6.89. The summed E-state index contributed by atoms with van der Waals surface area (Å²) in [6.07, 6.45) is 0.971. The van der Waals surface area contributed by atoms with Gasteiger partial charge in [-0.05, 0) is 51.3 Å². The SMILES string of the molecule is OCCOc1ccc(-c2cccc3c2Cc2ccccc2-3)c2ccccc12. The third-order valence-electron chi connectivity index (χ3n) is 5.37. The van der Waals surface area contributed by atoms with Crippen LogP contribution in [0.25, 0.3) is 33.0 Å². The van der Waals surface area contributed by atoms with Crippen molar-refractivity contribution in [1.29, 1.82) is 0 Å². The molecule has 0 bridgehead atoms. The van der Waals surface area contributed by atoms with E-state index >= 15 is 0 Å². The highest BCUT2D eigenvalue weighted by atomic mass is 16.5. The van der Waals surface area contributed by atoms with E-state index in [0.717, 1.165) is 17.6 Å². The Morgan fingerprint density at radius 1 is 0.667 bits per heavy atom. The van der Waals surface area contributed by atoms with Crippen LogP contribution in [0.1, 0.15) is 11.1 Å². The largest absolute Gasteiger partial charge is 0.491 e. The van der Waals surface area contributed by atoms with Crippen LogP contribution in [0, 0.1) is 0 Å². The molecule has 0 unspecified atom stereocenters. The summed E-state index contributed by atoms with van der Waals surface area (Å²) in [5.41, 5.74) is 7.99. The van der Waals surface area contributed by atoms with E-state index in [9.17, 15) is 0 Å². The van der Waals surface area contributed by atoms with Crippen molar-refractivity contribution in [2.45, 2.75) is 6.42 Å². The van der Waals surface area contributed by atoms with Gasteiger partial charge in [0.25, 0.3) is 0 Å². The Kier molecular flexibility index (Phi) is 3.92. The molecule has 4 aromatic rings. The lowest BCUT2D eigenvalue weighted by atomic mass is 9.92. The van der Waals surface area contributed by atoms with E-state index in [-0.39, 0.29) is 6.61 Å². The third kappa shape index (κ3) is 2.61. The zero-order valence-corrected chi connectivity index (χ0v) is 15.0. The van der Waals surface area contributed by atoms with Crippen LogP contribution in [0.3, 0.4) is 0 Å². The predicted molar refractivity (Wildman–Crippen MR) is 110 cm³/mol. The molecule has 1 aliphatic rings. The molecule has 5 rings (SSSR count). The maximum atomic E-state index is 9.10. The minimum Gasteiger partial charge on any atom is -0.491 e. The summed E-state index contributed by atoms with van der Waals surface area (Å²) in [6, 6.07) is 27.8. The van der Waals surface area contributed by atoms with Crippen molar-refractivity contribution in [2.75, 3.05) is 13.2 Å². The van der Waals surface area contributed by atoms with Crippen LogP contribution in [-0.2, 0) is 6.42 Å². The average Bonchev–Trinajstić information content (AvgIpc) is 3.11. The highest BCUT2D eigenvalue weighted by Crippen LogP contribution is 2.43. The van der Waals surface area contributed by atoms with E-state index in [4.69, 9.17) is 9.84 Å². The molecule has 0 saturated carbocycles. The monoisotopic (exact) mass is 352 g/mol. The second kappa shape index (κ2) is 6.57. The molecule has 0 heterocycles. The lowest BCUT2D eigenvalue weighted by molar-refractivity contribution is 0.203. The van der Waals surface area contributed by atoms with Crippen LogP contribution in [0.5, 0.6) is 5.75 Å². The zero-order valence-electron chi connectivity index (χ0n) is 15.0. The van der Waals surface area contributed by atoms with Crippen molar-refractivity contribution in [3.8, 4) is 28.0 Å². The second-order valence-corrected chi connectivity index (χ2v) is 6.89. The molecular formula is C25H20O2. The van der Waals surface area contributed by atoms with Crippen LogP contribution < -0.4 is 4.74 Å². The van der Waals surface area contributed by atoms with Gasteiger partial charge in [0.05, 0.1) is 6.61 Å². The molecule has 0 aromatic heterocycles. The summed E-state index contributed by atoms with van der Waals surface area (Å²) >= 11 is 0. The normalized spacial score (nSPS) is 12.0. The summed E-state index contributed by atoms with van der Waals surface area (Å²) in [4.78, 5) is 0. The molecule has 1 aliphatic carbocycles. The van der Waals surface area contributed by atoms with Crippen molar-refractivity contribution in [3.05, 3.63) is 90.0 Å². The Labute approximate surface area is 158 Å². The first-order valence-electron chi connectivity index (χ1n) is 9.33. The minimum atomic E-state index is 0.0144. The van der Waals surface area contributed by atoms with Gasteiger partial charge in [-0.2, -0.15) is 0 Å². The Morgan fingerprint density at radius 3 is 2.22 bits per heavy atom. The van der Waals surface area contributed by atoms with E-state index in [1.165, 1.54) is 38.8 Å². The number of aliphatic hydroxyl groups is 1. The van der Waals surface area contributed by atoms with Crippen LogP contribution in [0.4, 0.5) is 0 Å². The molecule has 4 aromatic carbocycles. The number of rotatable bonds is 4. The van der Waals surface area contributed by atoms with Crippen molar-refractivity contribution in [2.24, 2.45) is 0 Å². The predicted octanol–water partition coefficient (Wildman–Crippen LogP) is 5.45. The van der Waals surface area contributed by atoms with Gasteiger partial charge in [-0.15, -0.1) is 0 Å². The molecule has 27 heavy (non-hydrogen) atoms. The van der Waals surface area contributed by atoms with Crippen molar-refractivity contribution in [3.63, 3.8) is 0 Å². The summed E-state index contributed by atoms with van der Waals surface area (Å²) in [7, 11) is 0. The smallest absolute Gasteiger partial charge is 0.127 e. The first-order valence-corrected chi connectivity index (χ1v) is 9.33. The number of benzene rings is 4. The first kappa shape index (κ1) is 16.1. The van der Waals surface area contributed by atoms with Gasteiger partial charge in [-0.3, -0.25) is 0 Å². The zero-order chi connectivity index (χ0) is 18.2. The number of ether oxygens (including phenoxy) is 1. The first-order chi connectivity index (χ1) is 13.4. The Bertz CT molecular complexity index is 1140. The molecule has 0 spiro atoms. The molecule has 2 nitrogen and oxygen atoms in total. The van der Waals surface area contributed by atoms with Crippen molar-refractivity contribution in [1.82, 2.24) is 0 Å². The Hall–Kier alpha value is -3.10. The van der Waals surface area contributed by atoms with E-state index in [0.29, 0.717) is 6.61 Å². The van der Waals surface area contributed by atoms with Gasteiger partial charge in [0, 0.05) is 5.39 Å². The van der Waals surface area contributed by atoms with Gasteiger partial charge in [0.2, 0.25) is 0 Å². The molecule has 1 N–H and O–H groups in total. The highest BCUT2D eigenvalue weighted by molar-refractivity contribution is 6.02. The fourth-order valence-corrected chi connectivity index (χ4v) is 4.20. The molecule has 0 radical (unpaired) electrons. The van der Waals surface area contributed by atoms with Gasteiger partial charge >= 0.3 is 0 Å². The molecule has 0 fully saturated rings. The van der Waals surface area contributed by atoms with Gasteiger partial charge < -0.3 is 9.84 Å². The van der Waals surface area contributed by atoms with Crippen molar-refractivity contribution >= 4 is 10.8 Å². The number of fused-ring (bicyclic) bond motifs is 4. The van der Waals surface area contributed by atoms with Gasteiger partial charge in [0.1, 0.15) is 12.4 Å². The molecule has 0 saturated heterocycles. The third-order valence-corrected chi connectivity index (χ3v) is 5.37. The van der Waals surface area contributed by atoms with Gasteiger partial charge in [0.15, 0.2) is 0 Å². The highest BCUT2D eigenvalue weighted by Gasteiger charge is 2.22. The van der Waals surface area contributed by atoms with E-state index in [1.54, 1.807) is 0 Å².